The van der Waals surface area contributed by atoms with E-state index in [0.717, 1.165) is 11.6 Å². The molecule has 0 saturated heterocycles. The summed E-state index contributed by atoms with van der Waals surface area (Å²) in [5.74, 6) is -1.65. The van der Waals surface area contributed by atoms with E-state index in [2.05, 4.69) is 10.6 Å². The van der Waals surface area contributed by atoms with E-state index in [1.165, 1.54) is 12.1 Å². The van der Waals surface area contributed by atoms with Gasteiger partial charge in [-0.15, -0.1) is 0 Å². The first-order valence-electron chi connectivity index (χ1n) is 7.69. The number of aliphatic hydroxyl groups is 1. The average Bonchev–Trinajstić information content (AvgIpc) is 2.56. The summed E-state index contributed by atoms with van der Waals surface area (Å²) >= 11 is 0. The number of rotatable bonds is 8. The van der Waals surface area contributed by atoms with E-state index in [4.69, 9.17) is 5.11 Å². The maximum atomic E-state index is 13.1. The van der Waals surface area contributed by atoms with Crippen molar-refractivity contribution in [3.63, 3.8) is 0 Å². The van der Waals surface area contributed by atoms with Gasteiger partial charge in [0.1, 0.15) is 11.6 Å². The Morgan fingerprint density at radius 1 is 1.08 bits per heavy atom. The Bertz CT molecular complexity index is 645. The van der Waals surface area contributed by atoms with Crippen molar-refractivity contribution in [3.05, 3.63) is 71.3 Å². The normalized spacial score (nSPS) is 12.0. The summed E-state index contributed by atoms with van der Waals surface area (Å²) in [6.07, 6.45) is 0.479. The van der Waals surface area contributed by atoms with Crippen LogP contribution in [0.2, 0.25) is 0 Å². The highest BCUT2D eigenvalue weighted by Gasteiger charge is 2.12. The molecular formula is C18H20F2N2O2. The highest BCUT2D eigenvalue weighted by Crippen LogP contribution is 2.15. The van der Waals surface area contributed by atoms with Gasteiger partial charge in [-0.1, -0.05) is 30.3 Å². The van der Waals surface area contributed by atoms with Crippen LogP contribution >= 0.6 is 0 Å². The number of benzene rings is 2. The number of nitrogens with one attached hydrogen (secondary N) is 2. The number of aliphatic hydroxyl groups excluding tert-OH is 1. The Hall–Kier alpha value is -2.31. The third-order valence-corrected chi connectivity index (χ3v) is 3.54. The van der Waals surface area contributed by atoms with Crippen molar-refractivity contribution in [3.8, 4) is 0 Å². The fraction of sp³-hybridized carbons (Fsp3) is 0.278. The molecule has 2 aromatic carbocycles. The fourth-order valence-electron chi connectivity index (χ4n) is 2.39. The minimum atomic E-state index is -0.676. The van der Waals surface area contributed by atoms with Gasteiger partial charge in [-0.2, -0.15) is 0 Å². The van der Waals surface area contributed by atoms with Gasteiger partial charge in [0.05, 0.1) is 6.54 Å². The molecule has 0 aliphatic rings. The standard InChI is InChI=1S/C18H20F2N2O2/c19-15-8-13(9-16(20)10-15)11-22-18(24)12-21-17(6-7-23)14-4-2-1-3-5-14/h1-5,8-10,17,21,23H,6-7,11-12H2,(H,22,24). The average molecular weight is 334 g/mol. The lowest BCUT2D eigenvalue weighted by Gasteiger charge is -2.18. The number of hydrogen-bond donors (Lipinski definition) is 3. The van der Waals surface area contributed by atoms with E-state index < -0.39 is 11.6 Å². The van der Waals surface area contributed by atoms with Gasteiger partial charge in [-0.05, 0) is 29.7 Å². The summed E-state index contributed by atoms with van der Waals surface area (Å²) in [6.45, 7) is 0.0826. The lowest BCUT2D eigenvalue weighted by molar-refractivity contribution is -0.120. The lowest BCUT2D eigenvalue weighted by atomic mass is 10.0. The summed E-state index contributed by atoms with van der Waals surface area (Å²) < 4.78 is 26.2. The second-order valence-corrected chi connectivity index (χ2v) is 5.41. The van der Waals surface area contributed by atoms with E-state index in [1.54, 1.807) is 0 Å². The van der Waals surface area contributed by atoms with Gasteiger partial charge in [0.2, 0.25) is 5.91 Å². The maximum absolute atomic E-state index is 13.1. The Labute approximate surface area is 139 Å². The Balaban J connectivity index is 1.84. The van der Waals surface area contributed by atoms with Crippen molar-refractivity contribution in [1.29, 1.82) is 0 Å². The highest BCUT2D eigenvalue weighted by atomic mass is 19.1. The van der Waals surface area contributed by atoms with Gasteiger partial charge in [-0.25, -0.2) is 8.78 Å². The van der Waals surface area contributed by atoms with Crippen molar-refractivity contribution in [2.24, 2.45) is 0 Å². The van der Waals surface area contributed by atoms with Crippen molar-refractivity contribution < 1.29 is 18.7 Å². The zero-order valence-corrected chi connectivity index (χ0v) is 13.1. The van der Waals surface area contributed by atoms with E-state index >= 15 is 0 Å². The second kappa shape index (κ2) is 9.10. The van der Waals surface area contributed by atoms with Crippen molar-refractivity contribution in [2.45, 2.75) is 19.0 Å². The highest BCUT2D eigenvalue weighted by molar-refractivity contribution is 5.78. The molecule has 0 spiro atoms. The smallest absolute Gasteiger partial charge is 0.234 e. The molecule has 1 atom stereocenters. The molecule has 0 saturated carbocycles. The van der Waals surface area contributed by atoms with Crippen LogP contribution in [-0.4, -0.2) is 24.2 Å². The summed E-state index contributed by atoms with van der Waals surface area (Å²) in [4.78, 5) is 11.9. The van der Waals surface area contributed by atoms with Crippen LogP contribution in [0.5, 0.6) is 0 Å². The van der Waals surface area contributed by atoms with E-state index in [1.807, 2.05) is 30.3 Å². The monoisotopic (exact) mass is 334 g/mol. The van der Waals surface area contributed by atoms with Gasteiger partial charge >= 0.3 is 0 Å². The molecule has 0 heterocycles. The van der Waals surface area contributed by atoms with E-state index in [-0.39, 0.29) is 31.6 Å². The summed E-state index contributed by atoms with van der Waals surface area (Å²) in [7, 11) is 0. The number of halogens is 2. The molecule has 128 valence electrons. The molecule has 2 aromatic rings. The molecule has 0 aromatic heterocycles. The van der Waals surface area contributed by atoms with Gasteiger partial charge in [0, 0.05) is 25.3 Å². The van der Waals surface area contributed by atoms with Crippen LogP contribution in [0.4, 0.5) is 8.78 Å². The molecule has 2 rings (SSSR count). The minimum Gasteiger partial charge on any atom is -0.396 e. The molecule has 6 heteroatoms. The van der Waals surface area contributed by atoms with Crippen LogP contribution in [0.3, 0.4) is 0 Å². The molecule has 4 nitrogen and oxygen atoms in total. The molecule has 0 fully saturated rings. The van der Waals surface area contributed by atoms with Crippen molar-refractivity contribution in [2.75, 3.05) is 13.2 Å². The van der Waals surface area contributed by atoms with E-state index in [9.17, 15) is 13.6 Å². The Morgan fingerprint density at radius 2 is 1.75 bits per heavy atom. The van der Waals surface area contributed by atoms with Gasteiger partial charge in [0.15, 0.2) is 0 Å². The van der Waals surface area contributed by atoms with Crippen LogP contribution in [0.15, 0.2) is 48.5 Å². The first-order valence-corrected chi connectivity index (χ1v) is 7.69. The summed E-state index contributed by atoms with van der Waals surface area (Å²) in [5, 5.41) is 14.8. The topological polar surface area (TPSA) is 61.4 Å². The zero-order valence-electron chi connectivity index (χ0n) is 13.1. The number of amides is 1. The van der Waals surface area contributed by atoms with Gasteiger partial charge in [0.25, 0.3) is 0 Å². The maximum Gasteiger partial charge on any atom is 0.234 e. The predicted octanol–water partition coefficient (Wildman–Crippen LogP) is 2.29. The van der Waals surface area contributed by atoms with Crippen molar-refractivity contribution >= 4 is 5.91 Å². The molecule has 0 radical (unpaired) electrons. The second-order valence-electron chi connectivity index (χ2n) is 5.41. The molecule has 24 heavy (non-hydrogen) atoms. The van der Waals surface area contributed by atoms with Crippen LogP contribution in [-0.2, 0) is 11.3 Å². The predicted molar refractivity (Wildman–Crippen MR) is 87.1 cm³/mol. The molecule has 3 N–H and O–H groups in total. The summed E-state index contributed by atoms with van der Waals surface area (Å²) in [6, 6.07) is 12.5. The Morgan fingerprint density at radius 3 is 2.38 bits per heavy atom. The zero-order chi connectivity index (χ0) is 17.4. The molecule has 1 amide bonds. The minimum absolute atomic E-state index is 0.00323. The third-order valence-electron chi connectivity index (χ3n) is 3.54. The molecule has 0 bridgehead atoms. The van der Waals surface area contributed by atoms with Crippen LogP contribution < -0.4 is 10.6 Å². The SMILES string of the molecule is O=C(CNC(CCO)c1ccccc1)NCc1cc(F)cc(F)c1. The Kier molecular flexibility index (Phi) is 6.84. The molecular weight excluding hydrogens is 314 g/mol. The summed E-state index contributed by atoms with van der Waals surface area (Å²) in [5.41, 5.74) is 1.34. The van der Waals surface area contributed by atoms with Gasteiger partial charge in [-0.3, -0.25) is 4.79 Å². The third kappa shape index (κ3) is 5.72. The first-order chi connectivity index (χ1) is 11.6. The van der Waals surface area contributed by atoms with Crippen LogP contribution in [0.25, 0.3) is 0 Å². The molecule has 0 aliphatic heterocycles. The van der Waals surface area contributed by atoms with Crippen LogP contribution in [0.1, 0.15) is 23.6 Å². The van der Waals surface area contributed by atoms with Crippen molar-refractivity contribution in [1.82, 2.24) is 10.6 Å². The fourth-order valence-corrected chi connectivity index (χ4v) is 2.39. The molecule has 0 aliphatic carbocycles. The number of hydrogen-bond acceptors (Lipinski definition) is 3. The first kappa shape index (κ1) is 18.0. The van der Waals surface area contributed by atoms with Gasteiger partial charge < -0.3 is 15.7 Å². The largest absolute Gasteiger partial charge is 0.396 e. The lowest BCUT2D eigenvalue weighted by Crippen LogP contribution is -2.35. The van der Waals surface area contributed by atoms with Crippen LogP contribution in [0, 0.1) is 11.6 Å². The number of carbonyl (C=O) groups is 1. The quantitative estimate of drug-likeness (QED) is 0.694. The molecule has 1 unspecified atom stereocenters. The number of carbonyl (C=O) groups excluding carboxylic acids is 1. The van der Waals surface area contributed by atoms with E-state index in [0.29, 0.717) is 12.0 Å².